The van der Waals surface area contributed by atoms with Gasteiger partial charge in [0, 0.05) is 85.1 Å². The molecule has 0 atom stereocenters. The fourth-order valence-corrected chi connectivity index (χ4v) is 9.53. The predicted octanol–water partition coefficient (Wildman–Crippen LogP) is 15.3. The van der Waals surface area contributed by atoms with E-state index in [4.69, 9.17) is 9.98 Å². The minimum atomic E-state index is 0.832. The van der Waals surface area contributed by atoms with E-state index in [9.17, 15) is 0 Å². The SMILES string of the molecule is C=[N+]=C1C=CC(=[N+]=C2C=CC(=[N+]=C3C=CC(=[N+]=C4C=CC(=C)C=C4)C=C3)C=C2)C=C1.CCc1ccc(N=C2C=CC(=Nc3ccc(Cc4ccc(C)cc4)cc3)C=C2)cc1.CCc1ccc(N=C2C=CC(=Nc3ccc(Cc4ccc(C)cc4)cc3)C=C2)cc1. The van der Waals surface area contributed by atoms with Crippen molar-refractivity contribution in [2.75, 3.05) is 0 Å². The van der Waals surface area contributed by atoms with Crippen LogP contribution in [-0.4, -0.2) is 69.5 Å². The molecule has 0 fully saturated rings. The zero-order valence-corrected chi connectivity index (χ0v) is 51.5. The smallest absolute Gasteiger partial charge is 0.249 e. The predicted molar refractivity (Wildman–Crippen MR) is 390 cm³/mol. The Hall–Kier alpha value is -11.6. The number of rotatable bonds is 10. The summed E-state index contributed by atoms with van der Waals surface area (Å²) in [5.74, 6) is 0. The Kier molecular flexibility index (Phi) is 21.3. The first-order valence-electron chi connectivity index (χ1n) is 30.4. The van der Waals surface area contributed by atoms with Crippen molar-refractivity contribution in [2.24, 2.45) is 20.0 Å². The normalized spacial score (nSPS) is 14.8. The molecule has 0 saturated carbocycles. The van der Waals surface area contributed by atoms with Gasteiger partial charge in [0.25, 0.3) is 6.72 Å². The second-order valence-corrected chi connectivity index (χ2v) is 21.9. The van der Waals surface area contributed by atoms with Crippen LogP contribution in [0.3, 0.4) is 0 Å². The van der Waals surface area contributed by atoms with Crippen LogP contribution in [0.2, 0.25) is 0 Å². The van der Waals surface area contributed by atoms with Crippen molar-refractivity contribution in [1.29, 1.82) is 0 Å². The number of aryl methyl sites for hydroxylation is 4. The highest BCUT2D eigenvalue weighted by Gasteiger charge is 2.18. The van der Waals surface area contributed by atoms with E-state index in [0.717, 1.165) is 117 Å². The molecule has 6 aliphatic carbocycles. The Bertz CT molecular complexity index is 4180. The molecule has 0 bridgehead atoms. The van der Waals surface area contributed by atoms with Crippen LogP contribution in [0.15, 0.2) is 324 Å². The van der Waals surface area contributed by atoms with Crippen molar-refractivity contribution < 1.29 is 0 Å². The van der Waals surface area contributed by atoms with Crippen molar-refractivity contribution in [3.8, 4) is 0 Å². The Morgan fingerprint density at radius 1 is 0.267 bits per heavy atom. The molecule has 90 heavy (non-hydrogen) atoms. The van der Waals surface area contributed by atoms with Crippen molar-refractivity contribution in [1.82, 2.24) is 18.7 Å². The van der Waals surface area contributed by atoms with Crippen molar-refractivity contribution in [3.63, 3.8) is 0 Å². The summed E-state index contributed by atoms with van der Waals surface area (Å²) >= 11 is 0. The Labute approximate surface area is 529 Å². The number of allylic oxidation sites excluding steroid dienone is 25. The number of aliphatic imine (C=N–C) groups is 4. The Morgan fingerprint density at radius 3 is 0.711 bits per heavy atom. The lowest BCUT2D eigenvalue weighted by atomic mass is 10.0. The maximum atomic E-state index is 4.73. The highest BCUT2D eigenvalue weighted by molar-refractivity contribution is 6.25. The maximum Gasteiger partial charge on any atom is 0.328 e. The summed E-state index contributed by atoms with van der Waals surface area (Å²) in [7, 11) is 0. The molecule has 8 nitrogen and oxygen atoms in total. The summed E-state index contributed by atoms with van der Waals surface area (Å²) < 4.78 is 17.8. The number of hydrogen-bond acceptors (Lipinski definition) is 4. The van der Waals surface area contributed by atoms with Crippen molar-refractivity contribution >= 4 is 92.3 Å². The lowest BCUT2D eigenvalue weighted by Crippen LogP contribution is -2.12. The lowest BCUT2D eigenvalue weighted by Gasteiger charge is -2.05. The quantitative estimate of drug-likeness (QED) is 0.0740. The zero-order valence-electron chi connectivity index (χ0n) is 51.5. The van der Waals surface area contributed by atoms with Crippen LogP contribution >= 0.6 is 0 Å². The third kappa shape index (κ3) is 19.2. The minimum absolute atomic E-state index is 0.832. The van der Waals surface area contributed by atoms with Crippen LogP contribution in [0.25, 0.3) is 0 Å². The van der Waals surface area contributed by atoms with Gasteiger partial charge >= 0.3 is 40.0 Å². The van der Waals surface area contributed by atoms with Crippen LogP contribution in [0.4, 0.5) is 22.7 Å². The molecule has 0 aliphatic heterocycles. The van der Waals surface area contributed by atoms with Gasteiger partial charge in [-0.05, 0) is 188 Å². The molecule has 436 valence electrons. The molecule has 12 rings (SSSR count). The van der Waals surface area contributed by atoms with Crippen LogP contribution in [0.5, 0.6) is 0 Å². The highest BCUT2D eigenvalue weighted by atomic mass is 14.8. The van der Waals surface area contributed by atoms with Gasteiger partial charge in [-0.3, -0.25) is 0 Å². The highest BCUT2D eigenvalue weighted by Crippen LogP contribution is 2.22. The monoisotopic (exact) mass is 1170 g/mol. The second kappa shape index (κ2) is 31.2. The van der Waals surface area contributed by atoms with Gasteiger partial charge in [0.2, 0.25) is 0 Å². The first kappa shape index (κ1) is 61.5. The number of hydrogen-bond donors (Lipinski definition) is 0. The molecule has 0 N–H and O–H groups in total. The molecule has 0 radical (unpaired) electrons. The lowest BCUT2D eigenvalue weighted by molar-refractivity contribution is 1.14. The zero-order chi connectivity index (χ0) is 62.3. The summed E-state index contributed by atoms with van der Waals surface area (Å²) in [6.07, 6.45) is 51.2. The van der Waals surface area contributed by atoms with E-state index in [2.05, 4.69) is 215 Å². The van der Waals surface area contributed by atoms with E-state index < -0.39 is 0 Å². The minimum Gasteiger partial charge on any atom is -0.249 e. The second-order valence-electron chi connectivity index (χ2n) is 21.9. The molecule has 0 spiro atoms. The van der Waals surface area contributed by atoms with Gasteiger partial charge < -0.3 is 0 Å². The van der Waals surface area contributed by atoms with Gasteiger partial charge in [0.15, 0.2) is 0 Å². The van der Waals surface area contributed by atoms with Gasteiger partial charge in [-0.1, -0.05) is 143 Å². The first-order valence-corrected chi connectivity index (χ1v) is 30.4. The molecular formula is C82H72N8+4. The third-order valence-corrected chi connectivity index (χ3v) is 14.8. The van der Waals surface area contributed by atoms with Gasteiger partial charge in [-0.15, -0.1) is 4.67 Å². The number of nitrogens with zero attached hydrogens (tertiary/aromatic N) is 8. The summed E-state index contributed by atoms with van der Waals surface area (Å²) in [4.78, 5) is 18.8. The molecule has 6 aromatic carbocycles. The summed E-state index contributed by atoms with van der Waals surface area (Å²) in [5, 5.41) is 0. The molecule has 6 aromatic rings. The summed E-state index contributed by atoms with van der Waals surface area (Å²) in [6.45, 7) is 16.0. The van der Waals surface area contributed by atoms with Crippen LogP contribution in [0, 0.1) is 13.8 Å². The van der Waals surface area contributed by atoms with Gasteiger partial charge in [0.1, 0.15) is 0 Å². The third-order valence-electron chi connectivity index (χ3n) is 14.8. The Balaban J connectivity index is 0.000000148. The largest absolute Gasteiger partial charge is 0.328 e. The van der Waals surface area contributed by atoms with Crippen LogP contribution in [-0.2, 0) is 25.7 Å². The van der Waals surface area contributed by atoms with E-state index >= 15 is 0 Å². The maximum absolute atomic E-state index is 4.73. The Morgan fingerprint density at radius 2 is 0.478 bits per heavy atom. The van der Waals surface area contributed by atoms with Crippen molar-refractivity contribution in [2.45, 2.75) is 53.4 Å². The van der Waals surface area contributed by atoms with E-state index in [-0.39, 0.29) is 0 Å². The van der Waals surface area contributed by atoms with E-state index in [0.29, 0.717) is 0 Å². The topological polar surface area (TPSA) is 106 Å². The summed E-state index contributed by atoms with van der Waals surface area (Å²) in [6, 6.07) is 51.1. The van der Waals surface area contributed by atoms with Crippen LogP contribution < -0.4 is 18.7 Å². The fraction of sp³-hybridized carbons (Fsp3) is 0.0976. The van der Waals surface area contributed by atoms with E-state index in [1.54, 1.807) is 0 Å². The molecule has 8 heteroatoms. The standard InChI is InChI=1S/2C28H26N2.C26H20N4/c2*1-3-22-8-12-25(13-9-22)29-27-16-18-28(19-17-27)30-26-14-10-24(11-15-26)20-23-6-4-21(2)5-7-23;1-19-3-5-21(6-4-19)28-23-11-13-25(14-12-23)30-26-17-15-24(16-18-26)29-22-9-7-20(27-2)8-10-22/h2*4-19H,3,20H2,1-2H3;3-18H,1-2H2/q;;+4. The van der Waals surface area contributed by atoms with Crippen LogP contribution in [0.1, 0.15) is 58.4 Å². The van der Waals surface area contributed by atoms with Crippen molar-refractivity contribution in [3.05, 3.63) is 348 Å². The molecule has 0 saturated heterocycles. The van der Waals surface area contributed by atoms with Gasteiger partial charge in [-0.2, -0.15) is 0 Å². The van der Waals surface area contributed by atoms with E-state index in [1.807, 2.05) is 146 Å². The molecule has 0 heterocycles. The average Bonchev–Trinajstić information content (AvgIpc) is 3.72. The fourth-order valence-electron chi connectivity index (χ4n) is 9.53. The molecule has 0 aromatic heterocycles. The first-order chi connectivity index (χ1) is 44.0. The molecule has 6 aliphatic rings. The van der Waals surface area contributed by atoms with Gasteiger partial charge in [-0.25, -0.2) is 20.0 Å². The average molecular weight is 1170 g/mol. The van der Waals surface area contributed by atoms with E-state index in [1.165, 1.54) is 44.5 Å². The summed E-state index contributed by atoms with van der Waals surface area (Å²) in [5.41, 5.74) is 25.2. The number of benzene rings is 6. The molecular weight excluding hydrogens is 1100 g/mol. The van der Waals surface area contributed by atoms with Gasteiger partial charge in [0.05, 0.1) is 45.6 Å². The molecule has 0 amide bonds. The molecule has 0 unspecified atom stereocenters.